The van der Waals surface area contributed by atoms with Crippen LogP contribution in [0, 0.1) is 6.92 Å². The first-order valence-corrected chi connectivity index (χ1v) is 4.81. The maximum atomic E-state index is 11.4. The lowest BCUT2D eigenvalue weighted by molar-refractivity contribution is -0.126. The molecule has 0 saturated carbocycles. The molecule has 1 heterocycles. The largest absolute Gasteiger partial charge is 0.370 e. The van der Waals surface area contributed by atoms with Crippen LogP contribution in [-0.2, 0) is 16.1 Å². The van der Waals surface area contributed by atoms with E-state index in [1.165, 1.54) is 0 Å². The van der Waals surface area contributed by atoms with Crippen molar-refractivity contribution >= 4 is 11.8 Å². The Hall–Kier alpha value is -1.89. The van der Waals surface area contributed by atoms with E-state index >= 15 is 0 Å². The Morgan fingerprint density at radius 3 is 2.81 bits per heavy atom. The molecule has 0 bridgehead atoms. The summed E-state index contributed by atoms with van der Waals surface area (Å²) < 4.78 is 0. The molecule has 88 valence electrons. The number of hydrogen-bond acceptors (Lipinski definition) is 4. The quantitative estimate of drug-likeness (QED) is 0.488. The van der Waals surface area contributed by atoms with Gasteiger partial charge >= 0.3 is 0 Å². The number of carbonyl (C=O) groups excluding carboxylic acids is 2. The highest BCUT2D eigenvalue weighted by atomic mass is 16.2. The molecule has 1 rings (SSSR count). The van der Waals surface area contributed by atoms with Crippen LogP contribution in [0.4, 0.5) is 0 Å². The highest BCUT2D eigenvalue weighted by molar-refractivity contribution is 5.87. The van der Waals surface area contributed by atoms with Crippen molar-refractivity contribution in [3.63, 3.8) is 0 Å². The second kappa shape index (κ2) is 5.26. The Labute approximate surface area is 92.6 Å². The van der Waals surface area contributed by atoms with Crippen LogP contribution >= 0.6 is 0 Å². The zero-order valence-corrected chi connectivity index (χ0v) is 8.99. The van der Waals surface area contributed by atoms with Crippen LogP contribution in [0.15, 0.2) is 6.20 Å². The van der Waals surface area contributed by atoms with Crippen LogP contribution in [0.25, 0.3) is 0 Å². The Morgan fingerprint density at radius 1 is 1.62 bits per heavy atom. The van der Waals surface area contributed by atoms with Crippen molar-refractivity contribution in [3.05, 3.63) is 17.5 Å². The number of nitrogens with zero attached hydrogens (tertiary/aromatic N) is 1. The summed E-state index contributed by atoms with van der Waals surface area (Å²) in [4.78, 5) is 22.0. The number of H-pyrrole nitrogens is 1. The van der Waals surface area contributed by atoms with Gasteiger partial charge < -0.3 is 16.8 Å². The fourth-order valence-electron chi connectivity index (χ4n) is 1.18. The van der Waals surface area contributed by atoms with E-state index in [4.69, 9.17) is 11.5 Å². The van der Waals surface area contributed by atoms with Crippen molar-refractivity contribution in [1.29, 1.82) is 0 Å². The van der Waals surface area contributed by atoms with Gasteiger partial charge in [0.1, 0.15) is 0 Å². The molecule has 0 fully saturated rings. The number of rotatable bonds is 5. The van der Waals surface area contributed by atoms with Crippen LogP contribution in [-0.4, -0.2) is 28.1 Å². The lowest BCUT2D eigenvalue weighted by Crippen LogP contribution is -2.42. The summed E-state index contributed by atoms with van der Waals surface area (Å²) in [6.45, 7) is 2.17. The van der Waals surface area contributed by atoms with E-state index in [1.54, 1.807) is 6.20 Å². The van der Waals surface area contributed by atoms with Crippen LogP contribution in [0.5, 0.6) is 0 Å². The first-order valence-electron chi connectivity index (χ1n) is 4.81. The summed E-state index contributed by atoms with van der Waals surface area (Å²) in [5.41, 5.74) is 12.1. The number of aromatic nitrogens is 2. The summed E-state index contributed by atoms with van der Waals surface area (Å²) in [5, 5.41) is 9.16. The van der Waals surface area contributed by atoms with Gasteiger partial charge in [0.2, 0.25) is 11.8 Å². The molecule has 7 nitrogen and oxygen atoms in total. The molecule has 0 aliphatic rings. The van der Waals surface area contributed by atoms with Crippen LogP contribution < -0.4 is 16.8 Å². The van der Waals surface area contributed by atoms with Crippen molar-refractivity contribution in [1.82, 2.24) is 15.5 Å². The minimum atomic E-state index is -0.898. The topological polar surface area (TPSA) is 127 Å². The van der Waals surface area contributed by atoms with E-state index in [2.05, 4.69) is 15.5 Å². The monoisotopic (exact) mass is 225 g/mol. The molecular formula is C9H15N5O2. The SMILES string of the molecule is Cc1[nH]ncc1CNC(=O)C(N)CC(N)=O. The lowest BCUT2D eigenvalue weighted by Gasteiger charge is -2.09. The third kappa shape index (κ3) is 3.35. The standard InChI is InChI=1S/C9H15N5O2/c1-5-6(4-13-14-5)3-12-9(16)7(10)2-8(11)15/h4,7H,2-3,10H2,1H3,(H2,11,15)(H,12,16)(H,13,14). The predicted octanol–water partition coefficient (Wildman–Crippen LogP) is -1.46. The molecule has 0 aliphatic carbocycles. The van der Waals surface area contributed by atoms with Crippen LogP contribution in [0.1, 0.15) is 17.7 Å². The molecule has 1 atom stereocenters. The Bertz CT molecular complexity index is 387. The fraction of sp³-hybridized carbons (Fsp3) is 0.444. The van der Waals surface area contributed by atoms with E-state index in [1.807, 2.05) is 6.92 Å². The second-order valence-electron chi connectivity index (χ2n) is 3.51. The third-order valence-corrected chi connectivity index (χ3v) is 2.15. The lowest BCUT2D eigenvalue weighted by atomic mass is 10.2. The Kier molecular flexibility index (Phi) is 4.01. The number of hydrogen-bond donors (Lipinski definition) is 4. The number of nitrogens with one attached hydrogen (secondary N) is 2. The van der Waals surface area contributed by atoms with Crippen LogP contribution in [0.2, 0.25) is 0 Å². The zero-order chi connectivity index (χ0) is 12.1. The van der Waals surface area contributed by atoms with E-state index in [0.29, 0.717) is 6.54 Å². The van der Waals surface area contributed by atoms with Gasteiger partial charge in [0.15, 0.2) is 0 Å². The maximum absolute atomic E-state index is 11.4. The number of primary amides is 1. The van der Waals surface area contributed by atoms with Crippen LogP contribution in [0.3, 0.4) is 0 Å². The van der Waals surface area contributed by atoms with E-state index in [9.17, 15) is 9.59 Å². The number of amides is 2. The average molecular weight is 225 g/mol. The highest BCUT2D eigenvalue weighted by Gasteiger charge is 2.15. The van der Waals surface area contributed by atoms with Crippen molar-refractivity contribution in [3.8, 4) is 0 Å². The number of nitrogens with two attached hydrogens (primary N) is 2. The van der Waals surface area contributed by atoms with Crippen molar-refractivity contribution in [2.75, 3.05) is 0 Å². The smallest absolute Gasteiger partial charge is 0.237 e. The van der Waals surface area contributed by atoms with E-state index in [0.717, 1.165) is 11.3 Å². The molecule has 2 amide bonds. The van der Waals surface area contributed by atoms with E-state index < -0.39 is 17.9 Å². The first kappa shape index (κ1) is 12.2. The molecule has 0 spiro atoms. The van der Waals surface area contributed by atoms with Crippen molar-refractivity contribution < 1.29 is 9.59 Å². The normalized spacial score (nSPS) is 12.1. The maximum Gasteiger partial charge on any atom is 0.237 e. The fourth-order valence-corrected chi connectivity index (χ4v) is 1.18. The minimum Gasteiger partial charge on any atom is -0.370 e. The zero-order valence-electron chi connectivity index (χ0n) is 8.99. The molecule has 6 N–H and O–H groups in total. The van der Waals surface area contributed by atoms with Gasteiger partial charge in [0.05, 0.1) is 18.7 Å². The predicted molar refractivity (Wildman–Crippen MR) is 57.0 cm³/mol. The molecule has 0 saturated heterocycles. The number of aryl methyl sites for hydroxylation is 1. The van der Waals surface area contributed by atoms with Gasteiger partial charge in [-0.1, -0.05) is 0 Å². The van der Waals surface area contributed by atoms with Gasteiger partial charge in [-0.2, -0.15) is 5.10 Å². The van der Waals surface area contributed by atoms with Gasteiger partial charge in [0.25, 0.3) is 0 Å². The minimum absolute atomic E-state index is 0.157. The average Bonchev–Trinajstić information content (AvgIpc) is 2.59. The van der Waals surface area contributed by atoms with E-state index in [-0.39, 0.29) is 6.42 Å². The number of carbonyl (C=O) groups is 2. The molecule has 1 unspecified atom stereocenters. The highest BCUT2D eigenvalue weighted by Crippen LogP contribution is 2.01. The molecule has 0 aliphatic heterocycles. The second-order valence-corrected chi connectivity index (χ2v) is 3.51. The van der Waals surface area contributed by atoms with Crippen molar-refractivity contribution in [2.24, 2.45) is 11.5 Å². The third-order valence-electron chi connectivity index (χ3n) is 2.15. The molecule has 1 aromatic rings. The summed E-state index contributed by atoms with van der Waals surface area (Å²) >= 11 is 0. The summed E-state index contributed by atoms with van der Waals surface area (Å²) in [7, 11) is 0. The molecule has 7 heteroatoms. The Morgan fingerprint density at radius 2 is 2.31 bits per heavy atom. The summed E-state index contributed by atoms with van der Waals surface area (Å²) in [6, 6.07) is -0.898. The van der Waals surface area contributed by atoms with Gasteiger partial charge in [0, 0.05) is 17.8 Å². The summed E-state index contributed by atoms with van der Waals surface area (Å²) in [6.07, 6.45) is 1.46. The van der Waals surface area contributed by atoms with Gasteiger partial charge in [-0.15, -0.1) is 0 Å². The molecule has 16 heavy (non-hydrogen) atoms. The van der Waals surface area contributed by atoms with Gasteiger partial charge in [-0.05, 0) is 6.92 Å². The Balaban J connectivity index is 2.41. The molecular weight excluding hydrogens is 210 g/mol. The molecule has 1 aromatic heterocycles. The van der Waals surface area contributed by atoms with Crippen molar-refractivity contribution in [2.45, 2.75) is 25.9 Å². The first-order chi connectivity index (χ1) is 7.50. The molecule has 0 aromatic carbocycles. The van der Waals surface area contributed by atoms with Gasteiger partial charge in [-0.3, -0.25) is 14.7 Å². The molecule has 0 radical (unpaired) electrons. The number of aromatic amines is 1. The summed E-state index contributed by atoms with van der Waals surface area (Å²) in [5.74, 6) is -0.999. The van der Waals surface area contributed by atoms with Gasteiger partial charge in [-0.25, -0.2) is 0 Å².